The van der Waals surface area contributed by atoms with Crippen molar-refractivity contribution in [1.82, 2.24) is 4.98 Å². The van der Waals surface area contributed by atoms with E-state index in [1.54, 1.807) is 6.07 Å². The second-order valence-corrected chi connectivity index (χ2v) is 2.31. The van der Waals surface area contributed by atoms with Gasteiger partial charge in [0.25, 0.3) is 0 Å². The number of carbonyl (C=O) groups is 1. The first-order chi connectivity index (χ1) is 5.75. The van der Waals surface area contributed by atoms with Crippen LogP contribution in [0.4, 0.5) is 5.69 Å². The lowest BCUT2D eigenvalue weighted by Crippen LogP contribution is -1.92. The van der Waals surface area contributed by atoms with Crippen LogP contribution in [0.2, 0.25) is 5.15 Å². The summed E-state index contributed by atoms with van der Waals surface area (Å²) in [6.45, 7) is 0. The van der Waals surface area contributed by atoms with Crippen LogP contribution in [0.15, 0.2) is 12.3 Å². The number of hydrogen-bond donors (Lipinski definition) is 1. The van der Waals surface area contributed by atoms with Gasteiger partial charge in [-0.1, -0.05) is 17.5 Å². The summed E-state index contributed by atoms with van der Waals surface area (Å²) >= 11 is 5.66. The molecule has 60 valence electrons. The van der Waals surface area contributed by atoms with E-state index >= 15 is 0 Å². The number of nitrogens with two attached hydrogens (primary N) is 1. The minimum absolute atomic E-state index is 0.212. The summed E-state index contributed by atoms with van der Waals surface area (Å²) in [6, 6.07) is 1.57. The minimum atomic E-state index is 0.212. The van der Waals surface area contributed by atoms with E-state index in [2.05, 4.69) is 16.8 Å². The predicted molar refractivity (Wildman–Crippen MR) is 46.6 cm³/mol. The molecule has 0 radical (unpaired) electrons. The van der Waals surface area contributed by atoms with Gasteiger partial charge in [-0.25, -0.2) is 4.98 Å². The number of aldehydes is 1. The molecule has 0 bridgehead atoms. The Morgan fingerprint density at radius 1 is 1.67 bits per heavy atom. The van der Waals surface area contributed by atoms with Crippen molar-refractivity contribution < 1.29 is 4.79 Å². The maximum absolute atomic E-state index is 9.92. The number of rotatable bonds is 0. The topological polar surface area (TPSA) is 56.0 Å². The minimum Gasteiger partial charge on any atom is -0.398 e. The third-order valence-electron chi connectivity index (χ3n) is 1.19. The van der Waals surface area contributed by atoms with Crippen LogP contribution in [0.25, 0.3) is 0 Å². The van der Waals surface area contributed by atoms with Gasteiger partial charge in [-0.05, 0) is 12.0 Å². The molecule has 0 atom stereocenters. The second-order valence-electron chi connectivity index (χ2n) is 1.95. The molecule has 0 aliphatic rings. The molecule has 0 aliphatic carbocycles. The summed E-state index contributed by atoms with van der Waals surface area (Å²) in [5.41, 5.74) is 6.33. The molecule has 0 amide bonds. The molecule has 4 heteroatoms. The molecule has 0 fully saturated rings. The standard InChI is InChI=1S/C8H5ClN2O/c9-8-6(2-1-5-12)7(10)3-4-11-8/h3-5H,(H2,10,11). The van der Waals surface area contributed by atoms with Gasteiger partial charge in [-0.2, -0.15) is 0 Å². The normalized spacial score (nSPS) is 8.42. The van der Waals surface area contributed by atoms with Gasteiger partial charge in [0.05, 0.1) is 11.3 Å². The zero-order valence-electron chi connectivity index (χ0n) is 6.04. The lowest BCUT2D eigenvalue weighted by atomic mass is 10.2. The average molecular weight is 181 g/mol. The van der Waals surface area contributed by atoms with Crippen molar-refractivity contribution in [2.75, 3.05) is 5.73 Å². The number of aromatic nitrogens is 1. The van der Waals surface area contributed by atoms with Gasteiger partial charge in [-0.15, -0.1) is 0 Å². The van der Waals surface area contributed by atoms with Crippen LogP contribution in [0, 0.1) is 11.8 Å². The highest BCUT2D eigenvalue weighted by atomic mass is 35.5. The highest BCUT2D eigenvalue weighted by molar-refractivity contribution is 6.31. The summed E-state index contributed by atoms with van der Waals surface area (Å²) in [6.07, 6.45) is 1.95. The first kappa shape index (κ1) is 8.57. The maximum Gasteiger partial charge on any atom is 0.193 e. The molecule has 0 aromatic carbocycles. The van der Waals surface area contributed by atoms with Crippen molar-refractivity contribution in [1.29, 1.82) is 0 Å². The van der Waals surface area contributed by atoms with E-state index in [0.29, 0.717) is 17.5 Å². The van der Waals surface area contributed by atoms with Crippen molar-refractivity contribution >= 4 is 23.6 Å². The van der Waals surface area contributed by atoms with Crippen LogP contribution in [-0.2, 0) is 4.79 Å². The number of nitrogens with zero attached hydrogens (tertiary/aromatic N) is 1. The molecular weight excluding hydrogens is 176 g/mol. The molecule has 1 aromatic rings. The van der Waals surface area contributed by atoms with E-state index in [0.717, 1.165) is 0 Å². The van der Waals surface area contributed by atoms with Gasteiger partial charge in [-0.3, -0.25) is 4.79 Å². The molecule has 12 heavy (non-hydrogen) atoms. The number of hydrogen-bond acceptors (Lipinski definition) is 3. The molecule has 1 rings (SSSR count). The van der Waals surface area contributed by atoms with E-state index in [1.165, 1.54) is 6.20 Å². The smallest absolute Gasteiger partial charge is 0.193 e. The first-order valence-corrected chi connectivity index (χ1v) is 3.48. The van der Waals surface area contributed by atoms with Gasteiger partial charge < -0.3 is 5.73 Å². The quantitative estimate of drug-likeness (QED) is 0.366. The Balaban J connectivity index is 3.21. The molecule has 3 nitrogen and oxygen atoms in total. The van der Waals surface area contributed by atoms with Gasteiger partial charge in [0.1, 0.15) is 5.15 Å². The van der Waals surface area contributed by atoms with Crippen LogP contribution in [-0.4, -0.2) is 11.3 Å². The fraction of sp³-hybridized carbons (Fsp3) is 0. The van der Waals surface area contributed by atoms with E-state index in [1.807, 2.05) is 0 Å². The summed E-state index contributed by atoms with van der Waals surface area (Å²) in [4.78, 5) is 13.7. The van der Waals surface area contributed by atoms with Crippen LogP contribution in [0.5, 0.6) is 0 Å². The van der Waals surface area contributed by atoms with Gasteiger partial charge in [0, 0.05) is 6.20 Å². The fourth-order valence-electron chi connectivity index (χ4n) is 0.675. The van der Waals surface area contributed by atoms with Crippen molar-refractivity contribution in [2.45, 2.75) is 0 Å². The van der Waals surface area contributed by atoms with Crippen LogP contribution >= 0.6 is 11.6 Å². The zero-order chi connectivity index (χ0) is 8.97. The first-order valence-electron chi connectivity index (χ1n) is 3.11. The maximum atomic E-state index is 9.92. The Bertz CT molecular complexity index is 345. The molecule has 0 spiro atoms. The number of nitrogen functional groups attached to an aromatic ring is 1. The summed E-state index contributed by atoms with van der Waals surface area (Å²) in [5.74, 6) is 4.70. The van der Waals surface area contributed by atoms with Crippen LogP contribution < -0.4 is 5.73 Å². The average Bonchev–Trinajstić information content (AvgIpc) is 2.04. The molecule has 0 saturated carbocycles. The summed E-state index contributed by atoms with van der Waals surface area (Å²) < 4.78 is 0. The van der Waals surface area contributed by atoms with Crippen LogP contribution in [0.3, 0.4) is 0 Å². The lowest BCUT2D eigenvalue weighted by molar-refractivity contribution is -0.103. The van der Waals surface area contributed by atoms with Gasteiger partial charge >= 0.3 is 0 Å². The molecule has 0 saturated heterocycles. The summed E-state index contributed by atoms with van der Waals surface area (Å²) in [5, 5.41) is 0.212. The zero-order valence-corrected chi connectivity index (χ0v) is 6.80. The van der Waals surface area contributed by atoms with Crippen molar-refractivity contribution in [3.05, 3.63) is 23.0 Å². The molecular formula is C8H5ClN2O. The highest BCUT2D eigenvalue weighted by Gasteiger charge is 2.00. The molecule has 1 aromatic heterocycles. The Labute approximate surface area is 74.5 Å². The largest absolute Gasteiger partial charge is 0.398 e. The number of halogens is 1. The number of anilines is 1. The molecule has 0 aliphatic heterocycles. The third kappa shape index (κ3) is 1.74. The SMILES string of the molecule is Nc1ccnc(Cl)c1C#CC=O. The second kappa shape index (κ2) is 3.74. The molecule has 0 unspecified atom stereocenters. The van der Waals surface area contributed by atoms with E-state index in [4.69, 9.17) is 17.3 Å². The monoisotopic (exact) mass is 180 g/mol. The third-order valence-corrected chi connectivity index (χ3v) is 1.48. The predicted octanol–water partition coefficient (Wildman–Crippen LogP) is 0.868. The van der Waals surface area contributed by atoms with Gasteiger partial charge in [0.15, 0.2) is 6.29 Å². The number of carbonyl (C=O) groups excluding carboxylic acids is 1. The fourth-order valence-corrected chi connectivity index (χ4v) is 0.888. The van der Waals surface area contributed by atoms with E-state index in [-0.39, 0.29) is 5.15 Å². The Morgan fingerprint density at radius 2 is 2.42 bits per heavy atom. The van der Waals surface area contributed by atoms with Crippen molar-refractivity contribution in [3.63, 3.8) is 0 Å². The lowest BCUT2D eigenvalue weighted by Gasteiger charge is -1.97. The van der Waals surface area contributed by atoms with Crippen molar-refractivity contribution in [2.24, 2.45) is 0 Å². The van der Waals surface area contributed by atoms with Crippen LogP contribution in [0.1, 0.15) is 5.56 Å². The number of pyridine rings is 1. The van der Waals surface area contributed by atoms with E-state index < -0.39 is 0 Å². The Hall–Kier alpha value is -1.53. The van der Waals surface area contributed by atoms with Gasteiger partial charge in [0.2, 0.25) is 0 Å². The van der Waals surface area contributed by atoms with E-state index in [9.17, 15) is 4.79 Å². The molecule has 1 heterocycles. The van der Waals surface area contributed by atoms with Crippen molar-refractivity contribution in [3.8, 4) is 11.8 Å². The molecule has 2 N–H and O–H groups in total. The highest BCUT2D eigenvalue weighted by Crippen LogP contribution is 2.17. The summed E-state index contributed by atoms with van der Waals surface area (Å²) in [7, 11) is 0. The Kier molecular flexibility index (Phi) is 2.67. The Morgan fingerprint density at radius 3 is 3.00 bits per heavy atom.